The smallest absolute Gasteiger partial charge is 0.309 e. The number of hydrogen-bond donors (Lipinski definition) is 0. The molecule has 0 amide bonds. The fourth-order valence-corrected chi connectivity index (χ4v) is 4.69. The van der Waals surface area contributed by atoms with Crippen molar-refractivity contribution in [2.75, 3.05) is 13.2 Å². The zero-order chi connectivity index (χ0) is 19.1. The summed E-state index contributed by atoms with van der Waals surface area (Å²) in [5.74, 6) is 0. The van der Waals surface area contributed by atoms with Gasteiger partial charge in [-0.15, -0.1) is 0 Å². The Balaban J connectivity index is 1.71. The Labute approximate surface area is 161 Å². The Morgan fingerprint density at radius 2 is 1.37 bits per heavy atom. The van der Waals surface area contributed by atoms with Crippen molar-refractivity contribution in [3.05, 3.63) is 83.4 Å². The lowest BCUT2D eigenvalue weighted by molar-refractivity contribution is 0.219. The van der Waals surface area contributed by atoms with Gasteiger partial charge in [0.1, 0.15) is 0 Å². The fourth-order valence-electron chi connectivity index (χ4n) is 2.98. The normalized spacial score (nSPS) is 12.1. The van der Waals surface area contributed by atoms with Gasteiger partial charge in [0.15, 0.2) is 0 Å². The molecule has 0 aliphatic heterocycles. The van der Waals surface area contributed by atoms with E-state index in [1.165, 1.54) is 10.8 Å². The molecule has 0 unspecified atom stereocenters. The predicted molar refractivity (Wildman–Crippen MR) is 114 cm³/mol. The molecule has 3 aromatic carbocycles. The van der Waals surface area contributed by atoms with Crippen LogP contribution in [0.1, 0.15) is 30.5 Å². The summed E-state index contributed by atoms with van der Waals surface area (Å²) in [4.78, 5) is 0. The van der Waals surface area contributed by atoms with Crippen molar-refractivity contribution in [1.29, 1.82) is 0 Å². The molecule has 0 atom stereocenters. The van der Waals surface area contributed by atoms with Crippen molar-refractivity contribution >= 4 is 30.5 Å². The van der Waals surface area contributed by atoms with Crippen molar-refractivity contribution < 1.29 is 13.6 Å². The predicted octanol–water partition coefficient (Wildman–Crippen LogP) is 6.78. The maximum Gasteiger partial charge on any atom is 0.335 e. The van der Waals surface area contributed by atoms with Crippen molar-refractivity contribution in [1.82, 2.24) is 0 Å². The van der Waals surface area contributed by atoms with Crippen molar-refractivity contribution in [2.24, 2.45) is 0 Å². The minimum absolute atomic E-state index is 0.295. The largest absolute Gasteiger partial charge is 0.335 e. The molecule has 0 spiro atoms. The quantitative estimate of drug-likeness (QED) is 0.319. The summed E-state index contributed by atoms with van der Waals surface area (Å²) in [6, 6.07) is 22.8. The molecule has 0 saturated heterocycles. The standard InChI is InChI=1S/C23H25O3P/c1-3-25-27(24,26-4-2)18-21-13-10-19(11-14-21)9-12-20-15-16-22-7-5-6-8-23(22)17-20/h5-17H,3-4,18H2,1-2H3/b12-9+. The summed E-state index contributed by atoms with van der Waals surface area (Å²) in [6.45, 7) is 4.41. The van der Waals surface area contributed by atoms with E-state index >= 15 is 0 Å². The van der Waals surface area contributed by atoms with Crippen molar-refractivity contribution in [3.8, 4) is 0 Å². The van der Waals surface area contributed by atoms with Gasteiger partial charge in [-0.2, -0.15) is 0 Å². The Morgan fingerprint density at radius 1 is 0.778 bits per heavy atom. The molecule has 0 heterocycles. The Morgan fingerprint density at radius 3 is 2.04 bits per heavy atom. The van der Waals surface area contributed by atoms with E-state index in [2.05, 4.69) is 54.6 Å². The van der Waals surface area contributed by atoms with Crippen LogP contribution in [0.4, 0.5) is 0 Å². The van der Waals surface area contributed by atoms with Crippen LogP contribution in [-0.4, -0.2) is 13.2 Å². The average Bonchev–Trinajstić information content (AvgIpc) is 2.67. The summed E-state index contributed by atoms with van der Waals surface area (Å²) < 4.78 is 23.4. The van der Waals surface area contributed by atoms with E-state index in [-0.39, 0.29) is 0 Å². The van der Waals surface area contributed by atoms with Crippen LogP contribution in [0, 0.1) is 0 Å². The molecule has 3 nitrogen and oxygen atoms in total. The van der Waals surface area contributed by atoms with Gasteiger partial charge in [-0.3, -0.25) is 4.57 Å². The molecule has 4 heteroatoms. The number of benzene rings is 3. The Bertz CT molecular complexity index is 951. The Hall–Kier alpha value is -2.19. The lowest BCUT2D eigenvalue weighted by Crippen LogP contribution is -1.99. The second-order valence-corrected chi connectivity index (χ2v) is 8.34. The zero-order valence-corrected chi connectivity index (χ0v) is 16.7. The van der Waals surface area contributed by atoms with Crippen LogP contribution in [0.5, 0.6) is 0 Å². The maximum atomic E-state index is 12.6. The number of rotatable bonds is 8. The topological polar surface area (TPSA) is 35.5 Å². The summed E-state index contributed by atoms with van der Waals surface area (Å²) in [6.07, 6.45) is 4.48. The molecule has 3 rings (SSSR count). The minimum atomic E-state index is -3.06. The van der Waals surface area contributed by atoms with Crippen LogP contribution < -0.4 is 0 Å². The fraction of sp³-hybridized carbons (Fsp3) is 0.217. The van der Waals surface area contributed by atoms with Crippen LogP contribution >= 0.6 is 7.60 Å². The molecule has 0 aliphatic carbocycles. The molecule has 0 fully saturated rings. The van der Waals surface area contributed by atoms with Gasteiger partial charge in [-0.1, -0.05) is 72.8 Å². The van der Waals surface area contributed by atoms with Crippen molar-refractivity contribution in [2.45, 2.75) is 20.0 Å². The first-order valence-corrected chi connectivity index (χ1v) is 11.0. The van der Waals surface area contributed by atoms with E-state index < -0.39 is 7.60 Å². The molecule has 0 saturated carbocycles. The van der Waals surface area contributed by atoms with E-state index in [0.717, 1.165) is 16.7 Å². The highest BCUT2D eigenvalue weighted by Gasteiger charge is 2.23. The molecule has 3 aromatic rings. The first-order chi connectivity index (χ1) is 13.1. The van der Waals surface area contributed by atoms with Crippen LogP contribution in [0.3, 0.4) is 0 Å². The maximum absolute atomic E-state index is 12.6. The van der Waals surface area contributed by atoms with Crippen LogP contribution in [0.25, 0.3) is 22.9 Å². The van der Waals surface area contributed by atoms with Gasteiger partial charge < -0.3 is 9.05 Å². The highest BCUT2D eigenvalue weighted by atomic mass is 31.2. The third-order valence-corrected chi connectivity index (χ3v) is 6.30. The second kappa shape index (κ2) is 9.14. The summed E-state index contributed by atoms with van der Waals surface area (Å²) in [7, 11) is -3.06. The van der Waals surface area contributed by atoms with Crippen LogP contribution in [0.15, 0.2) is 66.7 Å². The molecule has 27 heavy (non-hydrogen) atoms. The number of fused-ring (bicyclic) bond motifs is 1. The zero-order valence-electron chi connectivity index (χ0n) is 15.8. The highest BCUT2D eigenvalue weighted by molar-refractivity contribution is 7.53. The van der Waals surface area contributed by atoms with Gasteiger partial charge in [0, 0.05) is 0 Å². The van der Waals surface area contributed by atoms with E-state index in [4.69, 9.17) is 9.05 Å². The first kappa shape index (κ1) is 19.6. The molecule has 140 valence electrons. The molecule has 0 bridgehead atoms. The van der Waals surface area contributed by atoms with Gasteiger partial charge in [0.2, 0.25) is 0 Å². The second-order valence-electron chi connectivity index (χ2n) is 6.29. The summed E-state index contributed by atoms with van der Waals surface area (Å²) >= 11 is 0. The lowest BCUT2D eigenvalue weighted by atomic mass is 10.1. The van der Waals surface area contributed by atoms with Gasteiger partial charge in [0.05, 0.1) is 19.4 Å². The average molecular weight is 380 g/mol. The third-order valence-electron chi connectivity index (χ3n) is 4.25. The lowest BCUT2D eigenvalue weighted by Gasteiger charge is -2.16. The van der Waals surface area contributed by atoms with Gasteiger partial charge in [-0.25, -0.2) is 0 Å². The molecule has 0 aromatic heterocycles. The number of hydrogen-bond acceptors (Lipinski definition) is 3. The van der Waals surface area contributed by atoms with Crippen LogP contribution in [-0.2, 0) is 19.8 Å². The third kappa shape index (κ3) is 5.40. The van der Waals surface area contributed by atoms with E-state index in [1.807, 2.05) is 38.1 Å². The van der Waals surface area contributed by atoms with E-state index in [9.17, 15) is 4.57 Å². The monoisotopic (exact) mass is 380 g/mol. The summed E-state index contributed by atoms with van der Waals surface area (Å²) in [5.41, 5.74) is 3.20. The molecule has 0 radical (unpaired) electrons. The molecular weight excluding hydrogens is 355 g/mol. The minimum Gasteiger partial charge on any atom is -0.309 e. The van der Waals surface area contributed by atoms with E-state index in [0.29, 0.717) is 19.4 Å². The molecule has 0 N–H and O–H groups in total. The first-order valence-electron chi connectivity index (χ1n) is 9.26. The van der Waals surface area contributed by atoms with Gasteiger partial charge in [-0.05, 0) is 47.4 Å². The SMILES string of the molecule is CCOP(=O)(Cc1ccc(/C=C/c2ccc3ccccc3c2)cc1)OCC. The Kier molecular flexibility index (Phi) is 6.63. The highest BCUT2D eigenvalue weighted by Crippen LogP contribution is 2.51. The van der Waals surface area contributed by atoms with Gasteiger partial charge >= 0.3 is 7.60 Å². The summed E-state index contributed by atoms with van der Waals surface area (Å²) in [5, 5.41) is 2.48. The van der Waals surface area contributed by atoms with Crippen molar-refractivity contribution in [3.63, 3.8) is 0 Å². The molecule has 0 aliphatic rings. The van der Waals surface area contributed by atoms with Crippen LogP contribution in [0.2, 0.25) is 0 Å². The van der Waals surface area contributed by atoms with Gasteiger partial charge in [0.25, 0.3) is 0 Å². The van der Waals surface area contributed by atoms with E-state index in [1.54, 1.807) is 0 Å². The molecular formula is C23H25O3P.